The molecule has 0 bridgehead atoms. The fraction of sp³-hybridized carbons (Fsp3) is 0.667. The van der Waals surface area contributed by atoms with Crippen molar-refractivity contribution in [1.29, 1.82) is 0 Å². The molecule has 1 rings (SSSR count). The monoisotopic (exact) mass is 153 g/mol. The highest BCUT2D eigenvalue weighted by Crippen LogP contribution is 2.19. The molecule has 2 nitrogen and oxygen atoms in total. The average molecular weight is 153 g/mol. The summed E-state index contributed by atoms with van der Waals surface area (Å²) in [6.45, 7) is 2.37. The predicted molar refractivity (Wildman–Crippen MR) is 45.2 cm³/mol. The van der Waals surface area contributed by atoms with Gasteiger partial charge in [-0.05, 0) is 25.7 Å². The van der Waals surface area contributed by atoms with Crippen molar-refractivity contribution >= 4 is 5.91 Å². The smallest absolute Gasteiger partial charge is 0.216 e. The Balaban J connectivity index is 2.07. The van der Waals surface area contributed by atoms with Crippen molar-refractivity contribution in [3.8, 4) is 0 Å². The summed E-state index contributed by atoms with van der Waals surface area (Å²) in [5, 5.41) is 2.79. The van der Waals surface area contributed by atoms with E-state index in [0.29, 0.717) is 0 Å². The lowest BCUT2D eigenvalue weighted by atomic mass is 10.2. The second-order valence-corrected chi connectivity index (χ2v) is 2.99. The van der Waals surface area contributed by atoms with Gasteiger partial charge in [-0.25, -0.2) is 0 Å². The second kappa shape index (κ2) is 4.16. The highest BCUT2D eigenvalue weighted by molar-refractivity contribution is 5.72. The van der Waals surface area contributed by atoms with Crippen molar-refractivity contribution in [3.63, 3.8) is 0 Å². The van der Waals surface area contributed by atoms with E-state index in [-0.39, 0.29) is 5.91 Å². The Kier molecular flexibility index (Phi) is 3.14. The molecule has 0 aromatic carbocycles. The van der Waals surface area contributed by atoms with Gasteiger partial charge in [0.05, 0.1) is 0 Å². The fourth-order valence-corrected chi connectivity index (χ4v) is 1.36. The zero-order valence-electron chi connectivity index (χ0n) is 7.02. The third kappa shape index (κ3) is 3.21. The maximum Gasteiger partial charge on any atom is 0.216 e. The minimum atomic E-state index is 0.0728. The van der Waals surface area contributed by atoms with Crippen molar-refractivity contribution in [2.75, 3.05) is 6.54 Å². The minimum absolute atomic E-state index is 0.0728. The van der Waals surface area contributed by atoms with Crippen molar-refractivity contribution < 1.29 is 4.79 Å². The SMILES string of the molecule is CC(=O)NCCC1=CCCC1. The van der Waals surface area contributed by atoms with Crippen LogP contribution in [0.1, 0.15) is 32.6 Å². The lowest BCUT2D eigenvalue weighted by molar-refractivity contribution is -0.118. The topological polar surface area (TPSA) is 29.1 Å². The quantitative estimate of drug-likeness (QED) is 0.613. The molecule has 1 amide bonds. The summed E-state index contributed by atoms with van der Waals surface area (Å²) in [4.78, 5) is 10.5. The number of hydrogen-bond acceptors (Lipinski definition) is 1. The summed E-state index contributed by atoms with van der Waals surface area (Å²) >= 11 is 0. The number of amides is 1. The van der Waals surface area contributed by atoms with Gasteiger partial charge in [-0.1, -0.05) is 11.6 Å². The van der Waals surface area contributed by atoms with Crippen LogP contribution in [0.4, 0.5) is 0 Å². The standard InChI is InChI=1S/C9H15NO/c1-8(11)10-7-6-9-4-2-3-5-9/h4H,2-3,5-7H2,1H3,(H,10,11). The van der Waals surface area contributed by atoms with Gasteiger partial charge in [-0.3, -0.25) is 4.79 Å². The molecule has 0 saturated heterocycles. The Morgan fingerprint density at radius 2 is 2.55 bits per heavy atom. The summed E-state index contributed by atoms with van der Waals surface area (Å²) in [5.41, 5.74) is 1.51. The van der Waals surface area contributed by atoms with E-state index in [1.54, 1.807) is 6.92 Å². The second-order valence-electron chi connectivity index (χ2n) is 2.99. The van der Waals surface area contributed by atoms with Gasteiger partial charge < -0.3 is 5.32 Å². The molecule has 1 aliphatic carbocycles. The Morgan fingerprint density at radius 1 is 1.73 bits per heavy atom. The van der Waals surface area contributed by atoms with Gasteiger partial charge in [-0.2, -0.15) is 0 Å². The summed E-state index contributed by atoms with van der Waals surface area (Å²) in [5.74, 6) is 0.0728. The first kappa shape index (κ1) is 8.31. The van der Waals surface area contributed by atoms with Crippen LogP contribution in [0.5, 0.6) is 0 Å². The molecule has 0 unspecified atom stereocenters. The molecule has 0 spiro atoms. The predicted octanol–water partition coefficient (Wildman–Crippen LogP) is 1.62. The normalized spacial score (nSPS) is 16.3. The van der Waals surface area contributed by atoms with Crippen LogP contribution in [0.3, 0.4) is 0 Å². The number of carbonyl (C=O) groups is 1. The van der Waals surface area contributed by atoms with Gasteiger partial charge in [-0.15, -0.1) is 0 Å². The molecule has 0 aromatic rings. The first-order valence-electron chi connectivity index (χ1n) is 4.21. The van der Waals surface area contributed by atoms with E-state index < -0.39 is 0 Å². The molecule has 0 saturated carbocycles. The third-order valence-corrected chi connectivity index (χ3v) is 1.96. The molecule has 11 heavy (non-hydrogen) atoms. The van der Waals surface area contributed by atoms with Crippen molar-refractivity contribution in [1.82, 2.24) is 5.32 Å². The van der Waals surface area contributed by atoms with Crippen LogP contribution in [-0.2, 0) is 4.79 Å². The fourth-order valence-electron chi connectivity index (χ4n) is 1.36. The number of nitrogens with one attached hydrogen (secondary N) is 1. The highest BCUT2D eigenvalue weighted by Gasteiger charge is 2.03. The Hall–Kier alpha value is -0.790. The van der Waals surface area contributed by atoms with Gasteiger partial charge in [0, 0.05) is 13.5 Å². The molecule has 0 aromatic heterocycles. The first-order valence-corrected chi connectivity index (χ1v) is 4.21. The number of allylic oxidation sites excluding steroid dienone is 1. The van der Waals surface area contributed by atoms with E-state index in [2.05, 4.69) is 11.4 Å². The summed E-state index contributed by atoms with van der Waals surface area (Å²) in [7, 11) is 0. The zero-order chi connectivity index (χ0) is 8.10. The van der Waals surface area contributed by atoms with E-state index in [1.807, 2.05) is 0 Å². The van der Waals surface area contributed by atoms with Crippen molar-refractivity contribution in [3.05, 3.63) is 11.6 Å². The van der Waals surface area contributed by atoms with Crippen molar-refractivity contribution in [2.24, 2.45) is 0 Å². The zero-order valence-corrected chi connectivity index (χ0v) is 7.02. The average Bonchev–Trinajstić information content (AvgIpc) is 2.39. The van der Waals surface area contributed by atoms with Gasteiger partial charge in [0.25, 0.3) is 0 Å². The lowest BCUT2D eigenvalue weighted by Crippen LogP contribution is -2.20. The molecule has 1 N–H and O–H groups in total. The van der Waals surface area contributed by atoms with Crippen LogP contribution in [0.25, 0.3) is 0 Å². The maximum atomic E-state index is 10.5. The van der Waals surface area contributed by atoms with Crippen LogP contribution in [0, 0.1) is 0 Å². The third-order valence-electron chi connectivity index (χ3n) is 1.96. The van der Waals surface area contributed by atoms with E-state index in [4.69, 9.17) is 0 Å². The number of carbonyl (C=O) groups excluding carboxylic acids is 1. The molecular weight excluding hydrogens is 138 g/mol. The molecule has 62 valence electrons. The maximum absolute atomic E-state index is 10.5. The molecular formula is C9H15NO. The molecule has 0 atom stereocenters. The Labute approximate surface area is 67.7 Å². The molecule has 0 fully saturated rings. The number of rotatable bonds is 3. The van der Waals surface area contributed by atoms with Gasteiger partial charge >= 0.3 is 0 Å². The van der Waals surface area contributed by atoms with Gasteiger partial charge in [0.1, 0.15) is 0 Å². The van der Waals surface area contributed by atoms with E-state index in [9.17, 15) is 4.79 Å². The summed E-state index contributed by atoms with van der Waals surface area (Å²) in [6, 6.07) is 0. The van der Waals surface area contributed by atoms with Crippen molar-refractivity contribution in [2.45, 2.75) is 32.6 Å². The van der Waals surface area contributed by atoms with E-state index in [1.165, 1.54) is 24.8 Å². The van der Waals surface area contributed by atoms with Crippen LogP contribution in [-0.4, -0.2) is 12.5 Å². The minimum Gasteiger partial charge on any atom is -0.356 e. The summed E-state index contributed by atoms with van der Waals surface area (Å²) < 4.78 is 0. The van der Waals surface area contributed by atoms with Crippen LogP contribution in [0.2, 0.25) is 0 Å². The van der Waals surface area contributed by atoms with E-state index >= 15 is 0 Å². The van der Waals surface area contributed by atoms with Crippen LogP contribution >= 0.6 is 0 Å². The van der Waals surface area contributed by atoms with Gasteiger partial charge in [0.15, 0.2) is 0 Å². The highest BCUT2D eigenvalue weighted by atomic mass is 16.1. The molecule has 0 aliphatic heterocycles. The Bertz CT molecular complexity index is 172. The Morgan fingerprint density at radius 3 is 3.09 bits per heavy atom. The van der Waals surface area contributed by atoms with E-state index in [0.717, 1.165) is 13.0 Å². The molecule has 0 heterocycles. The van der Waals surface area contributed by atoms with Crippen LogP contribution in [0.15, 0.2) is 11.6 Å². The molecule has 1 aliphatic rings. The molecule has 2 heteroatoms. The summed E-state index contributed by atoms with van der Waals surface area (Å²) in [6.07, 6.45) is 7.10. The largest absolute Gasteiger partial charge is 0.356 e. The number of hydrogen-bond donors (Lipinski definition) is 1. The lowest BCUT2D eigenvalue weighted by Gasteiger charge is -2.01. The molecule has 0 radical (unpaired) electrons. The first-order chi connectivity index (χ1) is 5.29. The van der Waals surface area contributed by atoms with Crippen LogP contribution < -0.4 is 5.32 Å². The van der Waals surface area contributed by atoms with Gasteiger partial charge in [0.2, 0.25) is 5.91 Å².